The summed E-state index contributed by atoms with van der Waals surface area (Å²) in [4.78, 5) is 24.5. The predicted molar refractivity (Wildman–Crippen MR) is 98.7 cm³/mol. The van der Waals surface area contributed by atoms with Crippen LogP contribution in [0.5, 0.6) is 5.75 Å². The summed E-state index contributed by atoms with van der Waals surface area (Å²) < 4.78 is 12.8. The minimum absolute atomic E-state index is 0.341. The van der Waals surface area contributed by atoms with Gasteiger partial charge in [-0.1, -0.05) is 12.1 Å². The van der Waals surface area contributed by atoms with Crippen LogP contribution in [0.3, 0.4) is 0 Å². The topological polar surface area (TPSA) is 69.6 Å². The lowest BCUT2D eigenvalue weighted by atomic mass is 10.2. The zero-order chi connectivity index (χ0) is 18.7. The highest BCUT2D eigenvalue weighted by atomic mass is 16.5. The summed E-state index contributed by atoms with van der Waals surface area (Å²) in [5.41, 5.74) is 3.03. The highest BCUT2D eigenvalue weighted by molar-refractivity contribution is 5.96. The van der Waals surface area contributed by atoms with Crippen LogP contribution in [0.2, 0.25) is 0 Å². The number of para-hydroxylation sites is 2. The molecule has 1 fully saturated rings. The summed E-state index contributed by atoms with van der Waals surface area (Å²) in [5, 5.41) is 2.72. The van der Waals surface area contributed by atoms with E-state index in [1.807, 2.05) is 32.9 Å². The van der Waals surface area contributed by atoms with E-state index in [9.17, 15) is 9.59 Å². The van der Waals surface area contributed by atoms with Gasteiger partial charge in [0.15, 0.2) is 6.61 Å². The summed E-state index contributed by atoms with van der Waals surface area (Å²) in [6.07, 6.45) is 2.29. The number of carbonyl (C=O) groups is 2. The Morgan fingerprint density at radius 1 is 1.23 bits per heavy atom. The molecule has 0 unspecified atom stereocenters. The SMILES string of the molecule is CCOc1ccccc1NC(=O)COC(=O)c1cc(C)n(C2CC2)c1C. The van der Waals surface area contributed by atoms with Gasteiger partial charge in [0.1, 0.15) is 5.75 Å². The van der Waals surface area contributed by atoms with Crippen molar-refractivity contribution < 1.29 is 19.1 Å². The van der Waals surface area contributed by atoms with Crippen LogP contribution in [0.4, 0.5) is 5.69 Å². The molecule has 1 N–H and O–H groups in total. The number of nitrogens with one attached hydrogen (secondary N) is 1. The Labute approximate surface area is 153 Å². The summed E-state index contributed by atoms with van der Waals surface area (Å²) in [6.45, 7) is 5.93. The van der Waals surface area contributed by atoms with Gasteiger partial charge in [-0.05, 0) is 51.8 Å². The van der Waals surface area contributed by atoms with Gasteiger partial charge in [-0.3, -0.25) is 4.79 Å². The first-order valence-electron chi connectivity index (χ1n) is 8.88. The van der Waals surface area contributed by atoms with E-state index in [4.69, 9.17) is 9.47 Å². The minimum atomic E-state index is -0.474. The van der Waals surface area contributed by atoms with Crippen molar-refractivity contribution in [2.24, 2.45) is 0 Å². The zero-order valence-electron chi connectivity index (χ0n) is 15.4. The van der Waals surface area contributed by atoms with E-state index < -0.39 is 11.9 Å². The molecular formula is C20H24N2O4. The lowest BCUT2D eigenvalue weighted by Gasteiger charge is -2.11. The molecule has 0 saturated heterocycles. The predicted octanol–water partition coefficient (Wildman–Crippen LogP) is 3.63. The maximum atomic E-state index is 12.4. The third-order valence-corrected chi connectivity index (χ3v) is 4.41. The van der Waals surface area contributed by atoms with E-state index in [0.717, 1.165) is 24.2 Å². The van der Waals surface area contributed by atoms with Gasteiger partial charge < -0.3 is 19.4 Å². The first-order valence-corrected chi connectivity index (χ1v) is 8.88. The lowest BCUT2D eigenvalue weighted by Crippen LogP contribution is -2.21. The van der Waals surface area contributed by atoms with Crippen LogP contribution in [-0.2, 0) is 9.53 Å². The first kappa shape index (κ1) is 18.0. The molecule has 0 spiro atoms. The van der Waals surface area contributed by atoms with E-state index in [1.54, 1.807) is 18.2 Å². The molecule has 0 aliphatic heterocycles. The maximum absolute atomic E-state index is 12.4. The molecule has 1 aliphatic rings. The van der Waals surface area contributed by atoms with Crippen molar-refractivity contribution in [1.82, 2.24) is 4.57 Å². The second kappa shape index (κ2) is 7.64. The number of aryl methyl sites for hydroxylation is 1. The highest BCUT2D eigenvalue weighted by Gasteiger charge is 2.28. The van der Waals surface area contributed by atoms with Gasteiger partial charge in [-0.2, -0.15) is 0 Å². The fourth-order valence-corrected chi connectivity index (χ4v) is 3.12. The number of benzene rings is 1. The van der Waals surface area contributed by atoms with Crippen LogP contribution in [0, 0.1) is 13.8 Å². The largest absolute Gasteiger partial charge is 0.492 e. The number of carbonyl (C=O) groups excluding carboxylic acids is 2. The number of aromatic nitrogens is 1. The number of amides is 1. The number of hydrogen-bond donors (Lipinski definition) is 1. The van der Waals surface area contributed by atoms with Gasteiger partial charge in [0.25, 0.3) is 5.91 Å². The molecule has 1 amide bonds. The van der Waals surface area contributed by atoms with Crippen molar-refractivity contribution in [2.45, 2.75) is 39.7 Å². The van der Waals surface area contributed by atoms with Gasteiger partial charge in [-0.15, -0.1) is 0 Å². The third kappa shape index (κ3) is 3.90. The molecule has 0 atom stereocenters. The molecule has 26 heavy (non-hydrogen) atoms. The van der Waals surface area contributed by atoms with Crippen molar-refractivity contribution >= 4 is 17.6 Å². The fraction of sp³-hybridized carbons (Fsp3) is 0.400. The van der Waals surface area contributed by atoms with E-state index in [0.29, 0.717) is 29.6 Å². The van der Waals surface area contributed by atoms with Crippen LogP contribution >= 0.6 is 0 Å². The molecule has 1 aliphatic carbocycles. The lowest BCUT2D eigenvalue weighted by molar-refractivity contribution is -0.119. The first-order chi connectivity index (χ1) is 12.5. The van der Waals surface area contributed by atoms with E-state index in [-0.39, 0.29) is 6.61 Å². The molecule has 0 bridgehead atoms. The summed E-state index contributed by atoms with van der Waals surface area (Å²) in [7, 11) is 0. The van der Waals surface area contributed by atoms with E-state index in [2.05, 4.69) is 9.88 Å². The third-order valence-electron chi connectivity index (χ3n) is 4.41. The summed E-state index contributed by atoms with van der Waals surface area (Å²) in [6, 6.07) is 9.48. The Bertz CT molecular complexity index is 821. The monoisotopic (exact) mass is 356 g/mol. The molecule has 6 nitrogen and oxygen atoms in total. The number of esters is 1. The average molecular weight is 356 g/mol. The second-order valence-corrected chi connectivity index (χ2v) is 6.44. The average Bonchev–Trinajstić information content (AvgIpc) is 3.40. The zero-order valence-corrected chi connectivity index (χ0v) is 15.4. The smallest absolute Gasteiger partial charge is 0.340 e. The Hall–Kier alpha value is -2.76. The van der Waals surface area contributed by atoms with Crippen LogP contribution < -0.4 is 10.1 Å². The van der Waals surface area contributed by atoms with Gasteiger partial charge in [0, 0.05) is 17.4 Å². The standard InChI is InChI=1S/C20H24N2O4/c1-4-25-18-8-6-5-7-17(18)21-19(23)12-26-20(24)16-11-13(2)22(14(16)3)15-9-10-15/h5-8,11,15H,4,9-10,12H2,1-3H3,(H,21,23). The number of nitrogens with zero attached hydrogens (tertiary/aromatic N) is 1. The van der Waals surface area contributed by atoms with Crippen LogP contribution in [0.1, 0.15) is 47.6 Å². The van der Waals surface area contributed by atoms with Crippen molar-refractivity contribution in [1.29, 1.82) is 0 Å². The normalized spacial score (nSPS) is 13.3. The van der Waals surface area contributed by atoms with Gasteiger partial charge >= 0.3 is 5.97 Å². The van der Waals surface area contributed by atoms with Gasteiger partial charge in [0.05, 0.1) is 17.9 Å². The second-order valence-electron chi connectivity index (χ2n) is 6.44. The number of ether oxygens (including phenoxy) is 2. The van der Waals surface area contributed by atoms with Gasteiger partial charge in [0.2, 0.25) is 0 Å². The molecule has 0 radical (unpaired) electrons. The van der Waals surface area contributed by atoms with Gasteiger partial charge in [-0.25, -0.2) is 4.79 Å². The maximum Gasteiger partial charge on any atom is 0.340 e. The van der Waals surface area contributed by atoms with Crippen LogP contribution in [0.15, 0.2) is 30.3 Å². The Kier molecular flexibility index (Phi) is 5.30. The Morgan fingerprint density at radius 2 is 1.96 bits per heavy atom. The molecule has 138 valence electrons. The van der Waals surface area contributed by atoms with Crippen LogP contribution in [-0.4, -0.2) is 29.7 Å². The van der Waals surface area contributed by atoms with E-state index >= 15 is 0 Å². The molecule has 1 aromatic heterocycles. The van der Waals surface area contributed by atoms with Crippen molar-refractivity contribution in [3.63, 3.8) is 0 Å². The molecule has 1 aromatic carbocycles. The Morgan fingerprint density at radius 3 is 2.65 bits per heavy atom. The van der Waals surface area contributed by atoms with Crippen molar-refractivity contribution in [3.8, 4) is 5.75 Å². The number of hydrogen-bond acceptors (Lipinski definition) is 4. The summed E-state index contributed by atoms with van der Waals surface area (Å²) in [5.74, 6) is -0.289. The summed E-state index contributed by atoms with van der Waals surface area (Å²) >= 11 is 0. The fourth-order valence-electron chi connectivity index (χ4n) is 3.12. The molecule has 6 heteroatoms. The van der Waals surface area contributed by atoms with Crippen molar-refractivity contribution in [2.75, 3.05) is 18.5 Å². The molecule has 2 aromatic rings. The quantitative estimate of drug-likeness (QED) is 0.769. The molecule has 1 heterocycles. The minimum Gasteiger partial charge on any atom is -0.492 e. The Balaban J connectivity index is 1.60. The van der Waals surface area contributed by atoms with Crippen LogP contribution in [0.25, 0.3) is 0 Å². The molecule has 3 rings (SSSR count). The molecular weight excluding hydrogens is 332 g/mol. The number of anilines is 1. The highest BCUT2D eigenvalue weighted by Crippen LogP contribution is 2.38. The number of rotatable bonds is 7. The van der Waals surface area contributed by atoms with Crippen molar-refractivity contribution in [3.05, 3.63) is 47.3 Å². The van der Waals surface area contributed by atoms with E-state index in [1.165, 1.54) is 0 Å². The molecule has 1 saturated carbocycles.